The third kappa shape index (κ3) is 3.40. The Hall–Kier alpha value is -3.45. The average molecular weight is 517 g/mol. The number of halogens is 1. The maximum atomic E-state index is 13.4. The molecule has 4 fully saturated rings. The second-order valence-corrected chi connectivity index (χ2v) is 11.4. The molecule has 2 saturated carbocycles. The molecule has 3 amide bonds. The van der Waals surface area contributed by atoms with E-state index in [1.165, 1.54) is 4.90 Å². The second-order valence-electron chi connectivity index (χ2n) is 10.9. The molecule has 8 rings (SSSR count). The van der Waals surface area contributed by atoms with Crippen LogP contribution in [0, 0.1) is 48.3 Å². The smallest absolute Gasteiger partial charge is 0.316 e. The number of carbonyl (C=O) groups excluding carboxylic acids is 4. The standard InChI is InChI=1S/C29H25ClN2O5/c1-14-9-18(37-29(36)15-10-24(33)31(13-15)17-4-2-3-16(30)11-17)5-8-23(14)32-27(34)25-19-6-7-20(22-12-21(19)22)26(25)28(32)35/h2-9,11,15,19-22,25-26H,10,12-13H2,1H3/t15-,19+,20+,21+,22+,25-,26-/m1/s1. The van der Waals surface area contributed by atoms with Crippen molar-refractivity contribution in [2.75, 3.05) is 16.3 Å². The van der Waals surface area contributed by atoms with Gasteiger partial charge in [-0.15, -0.1) is 0 Å². The van der Waals surface area contributed by atoms with Crippen LogP contribution in [0.15, 0.2) is 54.6 Å². The number of aryl methyl sites for hydroxylation is 1. The first-order chi connectivity index (χ1) is 17.8. The summed E-state index contributed by atoms with van der Waals surface area (Å²) >= 11 is 6.05. The Morgan fingerprint density at radius 2 is 1.68 bits per heavy atom. The third-order valence-electron chi connectivity index (χ3n) is 8.87. The van der Waals surface area contributed by atoms with E-state index in [0.29, 0.717) is 39.5 Å². The van der Waals surface area contributed by atoms with E-state index in [2.05, 4.69) is 12.2 Å². The fourth-order valence-corrected chi connectivity index (χ4v) is 7.28. The van der Waals surface area contributed by atoms with Crippen molar-refractivity contribution in [1.82, 2.24) is 0 Å². The van der Waals surface area contributed by atoms with Crippen molar-refractivity contribution in [2.45, 2.75) is 19.8 Å². The highest BCUT2D eigenvalue weighted by Crippen LogP contribution is 2.65. The number of carbonyl (C=O) groups is 4. The number of allylic oxidation sites excluding steroid dienone is 2. The van der Waals surface area contributed by atoms with Gasteiger partial charge in [0.15, 0.2) is 0 Å². The summed E-state index contributed by atoms with van der Waals surface area (Å²) in [6.45, 7) is 2.02. The van der Waals surface area contributed by atoms with Crippen LogP contribution in [0.5, 0.6) is 5.75 Å². The molecule has 2 aromatic rings. The minimum atomic E-state index is -0.606. The molecular weight excluding hydrogens is 492 g/mol. The van der Waals surface area contributed by atoms with Gasteiger partial charge in [0, 0.05) is 23.7 Å². The molecule has 4 aliphatic carbocycles. The molecule has 0 aromatic heterocycles. The second kappa shape index (κ2) is 8.02. The SMILES string of the molecule is Cc1cc(OC(=O)[C@@H]2CC(=O)N(c3cccc(Cl)c3)C2)ccc1N1C(=O)[C@@H]2[C@H]3C=C[C@@H]([C@@H]4C[C@@H]34)[C@H]2C1=O. The number of rotatable bonds is 4. The van der Waals surface area contributed by atoms with Gasteiger partial charge < -0.3 is 9.64 Å². The fourth-order valence-electron chi connectivity index (χ4n) is 7.10. The van der Waals surface area contributed by atoms with Crippen molar-refractivity contribution in [3.63, 3.8) is 0 Å². The van der Waals surface area contributed by atoms with Gasteiger partial charge in [0.2, 0.25) is 17.7 Å². The number of imide groups is 1. The summed E-state index contributed by atoms with van der Waals surface area (Å²) in [4.78, 5) is 55.2. The molecule has 7 nitrogen and oxygen atoms in total. The maximum absolute atomic E-state index is 13.4. The Kier molecular flexibility index (Phi) is 4.93. The van der Waals surface area contributed by atoms with E-state index in [9.17, 15) is 19.2 Å². The number of nitrogens with zero attached hydrogens (tertiary/aromatic N) is 2. The Morgan fingerprint density at radius 3 is 2.32 bits per heavy atom. The Bertz CT molecular complexity index is 1380. The van der Waals surface area contributed by atoms with Gasteiger partial charge in [-0.05, 0) is 79.0 Å². The largest absolute Gasteiger partial charge is 0.426 e. The number of ether oxygens (including phenoxy) is 1. The Balaban J connectivity index is 1.07. The number of benzene rings is 2. The molecule has 37 heavy (non-hydrogen) atoms. The van der Waals surface area contributed by atoms with Crippen LogP contribution in [0.4, 0.5) is 11.4 Å². The van der Waals surface area contributed by atoms with Crippen LogP contribution in [-0.4, -0.2) is 30.2 Å². The third-order valence-corrected chi connectivity index (χ3v) is 9.10. The molecule has 2 aromatic carbocycles. The van der Waals surface area contributed by atoms with E-state index >= 15 is 0 Å². The number of amides is 3. The number of esters is 1. The summed E-state index contributed by atoms with van der Waals surface area (Å²) < 4.78 is 5.62. The molecule has 0 N–H and O–H groups in total. The van der Waals surface area contributed by atoms with E-state index in [-0.39, 0.29) is 54.4 Å². The van der Waals surface area contributed by atoms with Crippen LogP contribution in [0.1, 0.15) is 18.4 Å². The quantitative estimate of drug-likeness (QED) is 0.264. The molecule has 7 atom stereocenters. The first-order valence-corrected chi connectivity index (χ1v) is 13.1. The number of hydrogen-bond acceptors (Lipinski definition) is 5. The predicted molar refractivity (Wildman–Crippen MR) is 136 cm³/mol. The Morgan fingerprint density at radius 1 is 0.973 bits per heavy atom. The van der Waals surface area contributed by atoms with Crippen molar-refractivity contribution in [3.8, 4) is 5.75 Å². The molecule has 0 radical (unpaired) electrons. The van der Waals surface area contributed by atoms with Gasteiger partial charge >= 0.3 is 5.97 Å². The molecule has 2 heterocycles. The summed E-state index contributed by atoms with van der Waals surface area (Å²) in [5, 5.41) is 0.516. The van der Waals surface area contributed by atoms with Crippen LogP contribution >= 0.6 is 11.6 Å². The maximum Gasteiger partial charge on any atom is 0.316 e. The fraction of sp³-hybridized carbons (Fsp3) is 0.379. The predicted octanol–water partition coefficient (Wildman–Crippen LogP) is 4.16. The average Bonchev–Trinajstić information content (AvgIpc) is 3.55. The summed E-state index contributed by atoms with van der Waals surface area (Å²) in [6.07, 6.45) is 5.50. The summed E-state index contributed by atoms with van der Waals surface area (Å²) in [6, 6.07) is 11.9. The van der Waals surface area contributed by atoms with Gasteiger partial charge in [-0.3, -0.25) is 19.2 Å². The minimum absolute atomic E-state index is 0.0559. The van der Waals surface area contributed by atoms with Gasteiger partial charge in [0.05, 0.1) is 23.4 Å². The minimum Gasteiger partial charge on any atom is -0.426 e. The Labute approximate surface area is 219 Å². The molecular formula is C29H25ClN2O5. The summed E-state index contributed by atoms with van der Waals surface area (Å²) in [5.41, 5.74) is 1.87. The van der Waals surface area contributed by atoms with E-state index in [0.717, 1.165) is 6.42 Å². The van der Waals surface area contributed by atoms with E-state index < -0.39 is 11.9 Å². The monoisotopic (exact) mass is 516 g/mol. The lowest BCUT2D eigenvalue weighted by atomic mass is 9.63. The van der Waals surface area contributed by atoms with Crippen LogP contribution in [0.25, 0.3) is 0 Å². The van der Waals surface area contributed by atoms with Crippen molar-refractivity contribution in [3.05, 3.63) is 65.2 Å². The van der Waals surface area contributed by atoms with Gasteiger partial charge in [-0.1, -0.05) is 29.8 Å². The zero-order valence-electron chi connectivity index (χ0n) is 20.2. The molecule has 2 bridgehead atoms. The normalized spacial score (nSPS) is 33.1. The zero-order valence-corrected chi connectivity index (χ0v) is 20.9. The highest BCUT2D eigenvalue weighted by molar-refractivity contribution is 6.31. The first-order valence-electron chi connectivity index (χ1n) is 12.8. The van der Waals surface area contributed by atoms with Gasteiger partial charge in [0.1, 0.15) is 5.75 Å². The van der Waals surface area contributed by atoms with Crippen LogP contribution in [0.3, 0.4) is 0 Å². The van der Waals surface area contributed by atoms with E-state index in [4.69, 9.17) is 16.3 Å². The van der Waals surface area contributed by atoms with E-state index in [1.807, 2.05) is 0 Å². The highest BCUT2D eigenvalue weighted by Gasteiger charge is 2.67. The zero-order chi connectivity index (χ0) is 25.6. The lowest BCUT2D eigenvalue weighted by Gasteiger charge is -2.37. The summed E-state index contributed by atoms with van der Waals surface area (Å²) in [5.74, 6) is -0.251. The van der Waals surface area contributed by atoms with Gasteiger partial charge in [-0.25, -0.2) is 4.90 Å². The van der Waals surface area contributed by atoms with Gasteiger partial charge in [0.25, 0.3) is 0 Å². The number of hydrogen-bond donors (Lipinski definition) is 0. The first kappa shape index (κ1) is 22.7. The molecule has 2 aliphatic heterocycles. The highest BCUT2D eigenvalue weighted by atomic mass is 35.5. The topological polar surface area (TPSA) is 84.0 Å². The molecule has 2 saturated heterocycles. The van der Waals surface area contributed by atoms with Crippen molar-refractivity contribution in [2.24, 2.45) is 41.4 Å². The lowest BCUT2D eigenvalue weighted by molar-refractivity contribution is -0.139. The van der Waals surface area contributed by atoms with Crippen molar-refractivity contribution < 1.29 is 23.9 Å². The molecule has 0 spiro atoms. The summed E-state index contributed by atoms with van der Waals surface area (Å²) in [7, 11) is 0. The van der Waals surface area contributed by atoms with Crippen molar-refractivity contribution in [1.29, 1.82) is 0 Å². The van der Waals surface area contributed by atoms with Gasteiger partial charge in [-0.2, -0.15) is 0 Å². The molecule has 8 heteroatoms. The van der Waals surface area contributed by atoms with Crippen molar-refractivity contribution >= 4 is 46.7 Å². The van der Waals surface area contributed by atoms with E-state index in [1.54, 1.807) is 54.3 Å². The van der Waals surface area contributed by atoms with Crippen LogP contribution in [-0.2, 0) is 19.2 Å². The lowest BCUT2D eigenvalue weighted by Crippen LogP contribution is -2.40. The molecule has 188 valence electrons. The van der Waals surface area contributed by atoms with Crippen LogP contribution < -0.4 is 14.5 Å². The number of anilines is 2. The molecule has 0 unspecified atom stereocenters. The van der Waals surface area contributed by atoms with Crippen LogP contribution in [0.2, 0.25) is 5.02 Å². The molecule has 6 aliphatic rings.